The van der Waals surface area contributed by atoms with E-state index in [1.807, 2.05) is 0 Å². The number of anilines is 1. The number of ether oxygens (including phenoxy) is 2. The largest absolute Gasteiger partial charge is 0.490 e. The van der Waals surface area contributed by atoms with E-state index < -0.39 is 12.1 Å². The van der Waals surface area contributed by atoms with Crippen LogP contribution in [0.1, 0.15) is 10.4 Å². The third-order valence-corrected chi connectivity index (χ3v) is 2.61. The molecule has 1 aliphatic rings. The van der Waals surface area contributed by atoms with Crippen molar-refractivity contribution in [2.24, 2.45) is 0 Å². The van der Waals surface area contributed by atoms with Gasteiger partial charge in [-0.2, -0.15) is 0 Å². The third kappa shape index (κ3) is 2.67. The number of carboxylic acid groups (broad SMARTS) is 1. The molecule has 0 saturated heterocycles. The van der Waals surface area contributed by atoms with Crippen molar-refractivity contribution in [1.29, 1.82) is 0 Å². The summed E-state index contributed by atoms with van der Waals surface area (Å²) in [5.41, 5.74) is 0.492. The van der Waals surface area contributed by atoms with Gasteiger partial charge in [-0.25, -0.2) is 9.59 Å². The zero-order chi connectivity index (χ0) is 13.8. The van der Waals surface area contributed by atoms with Gasteiger partial charge in [0.05, 0.1) is 17.8 Å². The Morgan fingerprint density at radius 3 is 3.00 bits per heavy atom. The first-order valence-electron chi connectivity index (χ1n) is 5.69. The molecule has 1 aromatic rings. The van der Waals surface area contributed by atoms with E-state index in [0.29, 0.717) is 24.6 Å². The van der Waals surface area contributed by atoms with E-state index in [1.165, 1.54) is 29.2 Å². The maximum absolute atomic E-state index is 11.9. The van der Waals surface area contributed by atoms with Crippen LogP contribution in [0.25, 0.3) is 0 Å². The Balaban J connectivity index is 2.31. The number of benzene rings is 1. The second kappa shape index (κ2) is 5.43. The van der Waals surface area contributed by atoms with Crippen LogP contribution in [0.2, 0.25) is 0 Å². The second-order valence-corrected chi connectivity index (χ2v) is 3.85. The van der Waals surface area contributed by atoms with Crippen LogP contribution in [-0.4, -0.2) is 36.9 Å². The van der Waals surface area contributed by atoms with Gasteiger partial charge in [0.2, 0.25) is 0 Å². The standard InChI is InChI=1S/C13H13NO5/c1-2-6-19-13(17)14-5-7-18-11-4-3-9(12(15)16)8-10(11)14/h2-4,8H,1,5-7H2,(H,15,16). The lowest BCUT2D eigenvalue weighted by Crippen LogP contribution is -2.38. The van der Waals surface area contributed by atoms with Crippen LogP contribution in [0, 0.1) is 0 Å². The molecule has 6 nitrogen and oxygen atoms in total. The summed E-state index contributed by atoms with van der Waals surface area (Å²) < 4.78 is 10.3. The Kier molecular flexibility index (Phi) is 3.70. The van der Waals surface area contributed by atoms with Gasteiger partial charge in [-0.1, -0.05) is 12.7 Å². The van der Waals surface area contributed by atoms with Crippen LogP contribution in [0.4, 0.5) is 10.5 Å². The minimum atomic E-state index is -1.06. The molecule has 0 atom stereocenters. The molecule has 1 N–H and O–H groups in total. The second-order valence-electron chi connectivity index (χ2n) is 3.85. The van der Waals surface area contributed by atoms with Gasteiger partial charge in [-0.15, -0.1) is 0 Å². The molecule has 1 heterocycles. The zero-order valence-corrected chi connectivity index (χ0v) is 10.2. The number of carboxylic acids is 1. The van der Waals surface area contributed by atoms with Gasteiger partial charge in [0, 0.05) is 0 Å². The average Bonchev–Trinajstić information content (AvgIpc) is 2.43. The molecule has 2 rings (SSSR count). The fourth-order valence-corrected chi connectivity index (χ4v) is 1.75. The first-order chi connectivity index (χ1) is 9.13. The summed E-state index contributed by atoms with van der Waals surface area (Å²) in [6.07, 6.45) is 0.916. The predicted molar refractivity (Wildman–Crippen MR) is 67.8 cm³/mol. The van der Waals surface area contributed by atoms with Crippen molar-refractivity contribution in [2.75, 3.05) is 24.7 Å². The smallest absolute Gasteiger partial charge is 0.414 e. The summed E-state index contributed by atoms with van der Waals surface area (Å²) in [6.45, 7) is 4.21. The van der Waals surface area contributed by atoms with Gasteiger partial charge < -0.3 is 14.6 Å². The van der Waals surface area contributed by atoms with Crippen molar-refractivity contribution in [3.8, 4) is 5.75 Å². The van der Waals surface area contributed by atoms with Crippen LogP contribution in [0.5, 0.6) is 5.75 Å². The number of hydrogen-bond acceptors (Lipinski definition) is 4. The van der Waals surface area contributed by atoms with Crippen molar-refractivity contribution >= 4 is 17.7 Å². The number of aromatic carboxylic acids is 1. The molecule has 0 bridgehead atoms. The number of rotatable bonds is 3. The van der Waals surface area contributed by atoms with E-state index in [4.69, 9.17) is 14.6 Å². The quantitative estimate of drug-likeness (QED) is 0.843. The number of carbonyl (C=O) groups is 2. The summed E-state index contributed by atoms with van der Waals surface area (Å²) in [6, 6.07) is 4.36. The maximum atomic E-state index is 11.9. The number of fused-ring (bicyclic) bond motifs is 1. The number of amides is 1. The van der Waals surface area contributed by atoms with Gasteiger partial charge >= 0.3 is 12.1 Å². The van der Waals surface area contributed by atoms with Crippen molar-refractivity contribution < 1.29 is 24.2 Å². The molecule has 0 radical (unpaired) electrons. The molecule has 1 amide bonds. The van der Waals surface area contributed by atoms with E-state index in [1.54, 1.807) is 0 Å². The summed E-state index contributed by atoms with van der Waals surface area (Å²) >= 11 is 0. The molecular weight excluding hydrogens is 250 g/mol. The Bertz CT molecular complexity index is 526. The first-order valence-corrected chi connectivity index (χ1v) is 5.69. The number of hydrogen-bond donors (Lipinski definition) is 1. The summed E-state index contributed by atoms with van der Waals surface area (Å²) in [7, 11) is 0. The fraction of sp³-hybridized carbons (Fsp3) is 0.231. The molecule has 6 heteroatoms. The highest BCUT2D eigenvalue weighted by Gasteiger charge is 2.25. The van der Waals surface area contributed by atoms with Crippen molar-refractivity contribution in [2.45, 2.75) is 0 Å². The molecule has 0 aromatic heterocycles. The van der Waals surface area contributed by atoms with Gasteiger partial charge in [-0.05, 0) is 18.2 Å². The average molecular weight is 263 g/mol. The molecule has 0 unspecified atom stereocenters. The molecule has 0 fully saturated rings. The SMILES string of the molecule is C=CCOC(=O)N1CCOc2ccc(C(=O)O)cc21. The maximum Gasteiger partial charge on any atom is 0.414 e. The van der Waals surface area contributed by atoms with Crippen LogP contribution < -0.4 is 9.64 Å². The van der Waals surface area contributed by atoms with Crippen molar-refractivity contribution in [3.05, 3.63) is 36.4 Å². The Morgan fingerprint density at radius 2 is 2.32 bits per heavy atom. The van der Waals surface area contributed by atoms with Gasteiger partial charge in [0.1, 0.15) is 19.0 Å². The molecule has 0 spiro atoms. The lowest BCUT2D eigenvalue weighted by Gasteiger charge is -2.28. The van der Waals surface area contributed by atoms with Crippen LogP contribution in [0.15, 0.2) is 30.9 Å². The lowest BCUT2D eigenvalue weighted by molar-refractivity contribution is 0.0696. The molecule has 19 heavy (non-hydrogen) atoms. The summed E-state index contributed by atoms with van der Waals surface area (Å²) in [5, 5.41) is 8.96. The highest BCUT2D eigenvalue weighted by atomic mass is 16.6. The predicted octanol–water partition coefficient (Wildman–Crippen LogP) is 1.91. The van der Waals surface area contributed by atoms with E-state index in [9.17, 15) is 9.59 Å². The highest BCUT2D eigenvalue weighted by Crippen LogP contribution is 2.32. The first kappa shape index (κ1) is 12.9. The third-order valence-electron chi connectivity index (χ3n) is 2.61. The monoisotopic (exact) mass is 263 g/mol. The molecule has 1 aromatic carbocycles. The molecule has 1 aliphatic heterocycles. The van der Waals surface area contributed by atoms with E-state index >= 15 is 0 Å². The van der Waals surface area contributed by atoms with E-state index in [2.05, 4.69) is 6.58 Å². The molecule has 100 valence electrons. The molecular formula is C13H13NO5. The topological polar surface area (TPSA) is 76.1 Å². The summed E-state index contributed by atoms with van der Waals surface area (Å²) in [4.78, 5) is 24.2. The minimum absolute atomic E-state index is 0.0887. The van der Waals surface area contributed by atoms with Gasteiger partial charge in [0.15, 0.2) is 0 Å². The molecule has 0 saturated carbocycles. The highest BCUT2D eigenvalue weighted by molar-refractivity contribution is 5.94. The molecule has 0 aliphatic carbocycles. The number of nitrogens with zero attached hydrogens (tertiary/aromatic N) is 1. The van der Waals surface area contributed by atoms with Crippen molar-refractivity contribution in [3.63, 3.8) is 0 Å². The zero-order valence-electron chi connectivity index (χ0n) is 10.2. The summed E-state index contributed by atoms with van der Waals surface area (Å²) in [5.74, 6) is -0.598. The fourth-order valence-electron chi connectivity index (χ4n) is 1.75. The van der Waals surface area contributed by atoms with Crippen LogP contribution in [0.3, 0.4) is 0 Å². The Hall–Kier alpha value is -2.50. The van der Waals surface area contributed by atoms with Gasteiger partial charge in [-0.3, -0.25) is 4.90 Å². The normalized spacial score (nSPS) is 13.2. The van der Waals surface area contributed by atoms with Crippen LogP contribution in [-0.2, 0) is 4.74 Å². The van der Waals surface area contributed by atoms with E-state index in [-0.39, 0.29) is 12.2 Å². The Morgan fingerprint density at radius 1 is 1.53 bits per heavy atom. The van der Waals surface area contributed by atoms with Crippen molar-refractivity contribution in [1.82, 2.24) is 0 Å². The Labute approximate surface area is 109 Å². The van der Waals surface area contributed by atoms with Gasteiger partial charge in [0.25, 0.3) is 0 Å². The number of carbonyl (C=O) groups excluding carboxylic acids is 1. The van der Waals surface area contributed by atoms with Crippen LogP contribution >= 0.6 is 0 Å². The van der Waals surface area contributed by atoms with E-state index in [0.717, 1.165) is 0 Å². The lowest BCUT2D eigenvalue weighted by atomic mass is 10.1. The minimum Gasteiger partial charge on any atom is -0.490 e.